The van der Waals surface area contributed by atoms with Gasteiger partial charge in [0.2, 0.25) is 0 Å². The predicted molar refractivity (Wildman–Crippen MR) is 257 cm³/mol. The fourth-order valence-corrected chi connectivity index (χ4v) is 8.93. The first-order valence-electron chi connectivity index (χ1n) is 27.1. The molecule has 11 unspecified atom stereocenters. The third kappa shape index (κ3) is 28.0. The summed E-state index contributed by atoms with van der Waals surface area (Å²) in [5, 5.41) is 72.2. The molecule has 2 aliphatic heterocycles. The van der Waals surface area contributed by atoms with Gasteiger partial charge >= 0.3 is 5.97 Å². The molecule has 2 rings (SSSR count). The Kier molecular flexibility index (Phi) is 37.7. The first kappa shape index (κ1) is 61.1. The summed E-state index contributed by atoms with van der Waals surface area (Å²) in [5.41, 5.74) is 0. The van der Waals surface area contributed by atoms with Gasteiger partial charge in [-0.1, -0.05) is 206 Å². The SMILES string of the molecule is CCCCCCCCCCCCCCCCCCCCC(=O)OC(COCCCCCCCCCCCCCCCC)COC1OC(COC2OC(CO)C(O)C(O)C2O)C(O)C(O)C1O. The van der Waals surface area contributed by atoms with Crippen molar-refractivity contribution in [2.24, 2.45) is 0 Å². The molecule has 0 radical (unpaired) electrons. The molecule has 0 bridgehead atoms. The van der Waals surface area contributed by atoms with Gasteiger partial charge in [-0.15, -0.1) is 0 Å². The number of unbranched alkanes of at least 4 members (excludes halogenated alkanes) is 30. The molecule has 11 atom stereocenters. The second-order valence-electron chi connectivity index (χ2n) is 19.4. The van der Waals surface area contributed by atoms with E-state index in [0.29, 0.717) is 6.61 Å². The van der Waals surface area contributed by atoms with Crippen LogP contribution in [0.1, 0.15) is 226 Å². The van der Waals surface area contributed by atoms with Gasteiger partial charge in [-0.25, -0.2) is 0 Å². The van der Waals surface area contributed by atoms with Crippen molar-refractivity contribution in [2.45, 2.75) is 293 Å². The van der Waals surface area contributed by atoms with Crippen LogP contribution in [0.3, 0.4) is 0 Å². The van der Waals surface area contributed by atoms with Crippen molar-refractivity contribution in [1.82, 2.24) is 0 Å². The van der Waals surface area contributed by atoms with E-state index in [1.807, 2.05) is 0 Å². The lowest BCUT2D eigenvalue weighted by molar-refractivity contribution is -0.332. The Balaban J connectivity index is 1.74. The molecule has 2 fully saturated rings. The number of carbonyl (C=O) groups is 1. The summed E-state index contributed by atoms with van der Waals surface area (Å²) in [6.45, 7) is 3.74. The van der Waals surface area contributed by atoms with Crippen LogP contribution in [-0.4, -0.2) is 142 Å². The number of hydrogen-bond donors (Lipinski definition) is 7. The van der Waals surface area contributed by atoms with Gasteiger partial charge in [0.05, 0.1) is 26.4 Å². The minimum absolute atomic E-state index is 0.0704. The van der Waals surface area contributed by atoms with Crippen LogP contribution < -0.4 is 0 Å². The maximum atomic E-state index is 13.0. The van der Waals surface area contributed by atoms with Crippen LogP contribution >= 0.6 is 0 Å². The van der Waals surface area contributed by atoms with Gasteiger partial charge in [0, 0.05) is 13.0 Å². The highest BCUT2D eigenvalue weighted by Gasteiger charge is 2.47. The normalized spacial score (nSPS) is 26.2. The van der Waals surface area contributed by atoms with Crippen LogP contribution in [0.15, 0.2) is 0 Å². The maximum Gasteiger partial charge on any atom is 0.306 e. The van der Waals surface area contributed by atoms with E-state index < -0.39 is 80.7 Å². The summed E-state index contributed by atoms with van der Waals surface area (Å²) >= 11 is 0. The zero-order chi connectivity index (χ0) is 48.0. The quantitative estimate of drug-likeness (QED) is 0.0226. The Morgan fingerprint density at radius 2 is 0.803 bits per heavy atom. The summed E-state index contributed by atoms with van der Waals surface area (Å²) in [6.07, 6.45) is 24.4. The van der Waals surface area contributed by atoms with E-state index in [1.165, 1.54) is 161 Å². The predicted octanol–water partition coefficient (Wildman–Crippen LogP) is 8.47. The molecule has 0 aromatic heterocycles. The summed E-state index contributed by atoms with van der Waals surface area (Å²) < 4.78 is 34.3. The second-order valence-corrected chi connectivity index (χ2v) is 19.4. The maximum absolute atomic E-state index is 13.0. The van der Waals surface area contributed by atoms with Gasteiger partial charge < -0.3 is 64.2 Å². The molecule has 2 heterocycles. The van der Waals surface area contributed by atoms with E-state index >= 15 is 0 Å². The third-order valence-electron chi connectivity index (χ3n) is 13.4. The molecule has 66 heavy (non-hydrogen) atoms. The average Bonchev–Trinajstić information content (AvgIpc) is 3.31. The molecule has 2 aliphatic rings. The highest BCUT2D eigenvalue weighted by atomic mass is 16.7. The zero-order valence-electron chi connectivity index (χ0n) is 41.7. The van der Waals surface area contributed by atoms with E-state index in [9.17, 15) is 40.5 Å². The van der Waals surface area contributed by atoms with Crippen LogP contribution in [-0.2, 0) is 33.2 Å². The number of aliphatic hydroxyl groups excluding tert-OH is 7. The van der Waals surface area contributed by atoms with Crippen LogP contribution in [0.5, 0.6) is 0 Å². The molecular formula is C52H100O14. The minimum atomic E-state index is -1.70. The van der Waals surface area contributed by atoms with Crippen molar-refractivity contribution in [3.63, 3.8) is 0 Å². The smallest absolute Gasteiger partial charge is 0.306 e. The molecule has 14 heteroatoms. The largest absolute Gasteiger partial charge is 0.457 e. The lowest BCUT2D eigenvalue weighted by atomic mass is 9.98. The van der Waals surface area contributed by atoms with Crippen molar-refractivity contribution in [1.29, 1.82) is 0 Å². The van der Waals surface area contributed by atoms with Crippen molar-refractivity contribution in [3.05, 3.63) is 0 Å². The van der Waals surface area contributed by atoms with Crippen LogP contribution in [0.25, 0.3) is 0 Å². The molecule has 7 N–H and O–H groups in total. The average molecular weight is 949 g/mol. The van der Waals surface area contributed by atoms with E-state index in [4.69, 9.17) is 28.4 Å². The Morgan fingerprint density at radius 1 is 0.439 bits per heavy atom. The molecule has 0 amide bonds. The number of rotatable bonds is 44. The number of aliphatic hydroxyl groups is 7. The Morgan fingerprint density at radius 3 is 1.23 bits per heavy atom. The molecule has 0 spiro atoms. The molecule has 0 aromatic rings. The molecule has 0 aliphatic carbocycles. The molecule has 14 nitrogen and oxygen atoms in total. The fraction of sp³-hybridized carbons (Fsp3) is 0.981. The zero-order valence-corrected chi connectivity index (χ0v) is 41.7. The van der Waals surface area contributed by atoms with Gasteiger partial charge in [0.15, 0.2) is 12.6 Å². The molecule has 392 valence electrons. The van der Waals surface area contributed by atoms with Crippen molar-refractivity contribution in [2.75, 3.05) is 33.0 Å². The summed E-state index contributed by atoms with van der Waals surface area (Å²) in [5.74, 6) is -0.369. The topological polar surface area (TPSA) is 214 Å². The number of ether oxygens (including phenoxy) is 6. The summed E-state index contributed by atoms with van der Waals surface area (Å²) in [4.78, 5) is 13.0. The highest BCUT2D eigenvalue weighted by molar-refractivity contribution is 5.69. The Bertz CT molecular complexity index is 1100. The lowest BCUT2D eigenvalue weighted by Crippen LogP contribution is -2.61. The summed E-state index contributed by atoms with van der Waals surface area (Å²) in [6, 6.07) is 0. The second kappa shape index (κ2) is 40.7. The van der Waals surface area contributed by atoms with E-state index in [0.717, 1.165) is 44.9 Å². The molecule has 2 saturated heterocycles. The Labute approximate surface area is 400 Å². The number of carbonyl (C=O) groups excluding carboxylic acids is 1. The van der Waals surface area contributed by atoms with Crippen molar-refractivity contribution >= 4 is 5.97 Å². The van der Waals surface area contributed by atoms with Gasteiger partial charge in [0.25, 0.3) is 0 Å². The fourth-order valence-electron chi connectivity index (χ4n) is 8.93. The van der Waals surface area contributed by atoms with Gasteiger partial charge in [-0.05, 0) is 12.8 Å². The standard InChI is InChI=1S/C52H100O14/c1-3-5-7-9-11-13-15-17-19-20-21-22-23-25-27-29-31-33-35-44(54)64-41(38-61-36-34-32-30-28-26-24-18-16-14-12-10-8-6-4-2)39-62-51-50(60)48(58)46(56)43(66-51)40-63-52-49(59)47(57)45(55)42(37-53)65-52/h41-43,45-53,55-60H,3-40H2,1-2H3. The van der Waals surface area contributed by atoms with Gasteiger partial charge in [-0.2, -0.15) is 0 Å². The van der Waals surface area contributed by atoms with Crippen LogP contribution in [0, 0.1) is 0 Å². The molecular weight excluding hydrogens is 849 g/mol. The van der Waals surface area contributed by atoms with Crippen molar-refractivity contribution < 1.29 is 69.0 Å². The van der Waals surface area contributed by atoms with E-state index in [1.54, 1.807) is 0 Å². The number of esters is 1. The van der Waals surface area contributed by atoms with Gasteiger partial charge in [-0.3, -0.25) is 4.79 Å². The highest BCUT2D eigenvalue weighted by Crippen LogP contribution is 2.27. The minimum Gasteiger partial charge on any atom is -0.457 e. The molecule has 0 aromatic carbocycles. The first-order valence-corrected chi connectivity index (χ1v) is 27.1. The van der Waals surface area contributed by atoms with Gasteiger partial charge in [0.1, 0.15) is 54.9 Å². The summed E-state index contributed by atoms with van der Waals surface area (Å²) in [7, 11) is 0. The monoisotopic (exact) mass is 949 g/mol. The van der Waals surface area contributed by atoms with E-state index in [2.05, 4.69) is 13.8 Å². The number of hydrogen-bond acceptors (Lipinski definition) is 14. The lowest BCUT2D eigenvalue weighted by Gasteiger charge is -2.42. The van der Waals surface area contributed by atoms with Crippen molar-refractivity contribution in [3.8, 4) is 0 Å². The molecule has 0 saturated carbocycles. The van der Waals surface area contributed by atoms with E-state index in [-0.39, 0.29) is 25.6 Å². The van der Waals surface area contributed by atoms with Crippen LogP contribution in [0.4, 0.5) is 0 Å². The van der Waals surface area contributed by atoms with Crippen LogP contribution in [0.2, 0.25) is 0 Å². The first-order chi connectivity index (χ1) is 32.1. The third-order valence-corrected chi connectivity index (χ3v) is 13.4. The Hall–Kier alpha value is -1.01.